The molecule has 0 radical (unpaired) electrons. The molecule has 0 aromatic heterocycles. The molecule has 0 aliphatic carbocycles. The van der Waals surface area contributed by atoms with Gasteiger partial charge < -0.3 is 15.0 Å². The number of carbonyl (C=O) groups excluding carboxylic acids is 1. The summed E-state index contributed by atoms with van der Waals surface area (Å²) in [5, 5.41) is 3.42. The van der Waals surface area contributed by atoms with E-state index in [-0.39, 0.29) is 18.4 Å². The van der Waals surface area contributed by atoms with Crippen LogP contribution in [0.15, 0.2) is 0 Å². The van der Waals surface area contributed by atoms with Gasteiger partial charge in [-0.05, 0) is 38.6 Å². The van der Waals surface area contributed by atoms with E-state index in [4.69, 9.17) is 4.74 Å². The van der Waals surface area contributed by atoms with Crippen molar-refractivity contribution in [1.29, 1.82) is 0 Å². The van der Waals surface area contributed by atoms with Crippen molar-refractivity contribution in [3.8, 4) is 0 Å². The first-order valence-electron chi connectivity index (χ1n) is 9.90. The van der Waals surface area contributed by atoms with Crippen LogP contribution in [-0.4, -0.2) is 97.8 Å². The average Bonchev–Trinajstić information content (AvgIpc) is 3.32. The summed E-state index contributed by atoms with van der Waals surface area (Å²) >= 11 is 0. The van der Waals surface area contributed by atoms with Gasteiger partial charge >= 0.3 is 0 Å². The number of nitrogens with zero attached hydrogens (tertiary/aromatic N) is 3. The minimum absolute atomic E-state index is 0. The second-order valence-electron chi connectivity index (χ2n) is 7.75. The average molecular weight is 373 g/mol. The van der Waals surface area contributed by atoms with Gasteiger partial charge in [0.15, 0.2) is 0 Å². The highest BCUT2D eigenvalue weighted by molar-refractivity contribution is 5.85. The Morgan fingerprint density at radius 1 is 0.920 bits per heavy atom. The number of ether oxygens (including phenoxy) is 1. The number of hydrogen-bond donors (Lipinski definition) is 1. The van der Waals surface area contributed by atoms with Crippen LogP contribution in [0.2, 0.25) is 0 Å². The van der Waals surface area contributed by atoms with Crippen molar-refractivity contribution in [2.45, 2.75) is 50.2 Å². The van der Waals surface area contributed by atoms with Crippen molar-refractivity contribution >= 4 is 18.3 Å². The number of nitrogens with one attached hydrogen (secondary N) is 1. The molecule has 0 aromatic rings. The van der Waals surface area contributed by atoms with E-state index in [0.29, 0.717) is 18.0 Å². The Morgan fingerprint density at radius 2 is 1.68 bits per heavy atom. The van der Waals surface area contributed by atoms with Crippen molar-refractivity contribution in [3.05, 3.63) is 0 Å². The molecule has 144 valence electrons. The molecule has 4 fully saturated rings. The van der Waals surface area contributed by atoms with Gasteiger partial charge in [0, 0.05) is 64.6 Å². The van der Waals surface area contributed by atoms with Crippen LogP contribution in [0.25, 0.3) is 0 Å². The van der Waals surface area contributed by atoms with Crippen LogP contribution in [0.3, 0.4) is 0 Å². The van der Waals surface area contributed by atoms with Gasteiger partial charge in [-0.1, -0.05) is 0 Å². The molecular formula is C18H33ClN4O2. The number of halogens is 1. The van der Waals surface area contributed by atoms with E-state index >= 15 is 0 Å². The number of likely N-dealkylation sites (tertiary alicyclic amines) is 2. The van der Waals surface area contributed by atoms with Crippen LogP contribution in [0.1, 0.15) is 32.1 Å². The van der Waals surface area contributed by atoms with Crippen LogP contribution in [0.4, 0.5) is 0 Å². The topological polar surface area (TPSA) is 48.1 Å². The lowest BCUT2D eigenvalue weighted by Gasteiger charge is -2.36. The molecule has 4 rings (SSSR count). The first kappa shape index (κ1) is 19.4. The lowest BCUT2D eigenvalue weighted by molar-refractivity contribution is -0.136. The molecule has 25 heavy (non-hydrogen) atoms. The van der Waals surface area contributed by atoms with Crippen molar-refractivity contribution in [2.24, 2.45) is 0 Å². The number of amides is 1. The maximum Gasteiger partial charge on any atom is 0.239 e. The molecule has 4 heterocycles. The molecule has 4 saturated heterocycles. The summed E-state index contributed by atoms with van der Waals surface area (Å²) in [6, 6.07) is 1.27. The Morgan fingerprint density at radius 3 is 2.44 bits per heavy atom. The van der Waals surface area contributed by atoms with Crippen molar-refractivity contribution in [2.75, 3.05) is 59.0 Å². The third-order valence-electron chi connectivity index (χ3n) is 6.38. The predicted octanol–water partition coefficient (Wildman–Crippen LogP) is 0.558. The summed E-state index contributed by atoms with van der Waals surface area (Å²) in [5.41, 5.74) is 0. The molecule has 6 nitrogen and oxygen atoms in total. The Balaban J connectivity index is 0.00000182. The van der Waals surface area contributed by atoms with E-state index in [1.54, 1.807) is 0 Å². The molecular weight excluding hydrogens is 340 g/mol. The number of hydrogen-bond acceptors (Lipinski definition) is 5. The monoisotopic (exact) mass is 372 g/mol. The van der Waals surface area contributed by atoms with Crippen LogP contribution in [0.5, 0.6) is 0 Å². The van der Waals surface area contributed by atoms with Crippen molar-refractivity contribution in [3.63, 3.8) is 0 Å². The maximum absolute atomic E-state index is 13.2. The lowest BCUT2D eigenvalue weighted by Crippen LogP contribution is -2.52. The normalized spacial score (nSPS) is 32.7. The summed E-state index contributed by atoms with van der Waals surface area (Å²) in [7, 11) is 0. The Bertz CT molecular complexity index is 441. The van der Waals surface area contributed by atoms with Crippen LogP contribution in [-0.2, 0) is 9.53 Å². The van der Waals surface area contributed by atoms with Gasteiger partial charge in [0.25, 0.3) is 0 Å². The highest BCUT2D eigenvalue weighted by Crippen LogP contribution is 2.28. The SMILES string of the molecule is Cl.O=C(C1CCCN1C1CCOCC1)N1CCC(N2CCNCC2)C1. The molecule has 2 unspecified atom stereocenters. The van der Waals surface area contributed by atoms with E-state index in [1.165, 1.54) is 6.42 Å². The first-order valence-corrected chi connectivity index (χ1v) is 9.90. The van der Waals surface area contributed by atoms with Gasteiger partial charge in [-0.15, -0.1) is 12.4 Å². The number of rotatable bonds is 3. The number of carbonyl (C=O) groups is 1. The second kappa shape index (κ2) is 9.00. The molecule has 7 heteroatoms. The van der Waals surface area contributed by atoms with Crippen molar-refractivity contribution in [1.82, 2.24) is 20.0 Å². The van der Waals surface area contributed by atoms with Gasteiger partial charge in [-0.2, -0.15) is 0 Å². The summed E-state index contributed by atoms with van der Waals surface area (Å²) in [5.74, 6) is 0.400. The summed E-state index contributed by atoms with van der Waals surface area (Å²) in [6.45, 7) is 9.14. The van der Waals surface area contributed by atoms with E-state index in [2.05, 4.69) is 20.0 Å². The highest BCUT2D eigenvalue weighted by atomic mass is 35.5. The fourth-order valence-electron chi connectivity index (χ4n) is 5.01. The van der Waals surface area contributed by atoms with Crippen LogP contribution >= 0.6 is 12.4 Å². The summed E-state index contributed by atoms with van der Waals surface area (Å²) in [4.78, 5) is 20.4. The van der Waals surface area contributed by atoms with Gasteiger partial charge in [0.2, 0.25) is 5.91 Å². The number of piperazine rings is 1. The Labute approximate surface area is 157 Å². The molecule has 1 amide bonds. The Kier molecular flexibility index (Phi) is 6.97. The minimum Gasteiger partial charge on any atom is -0.381 e. The van der Waals surface area contributed by atoms with E-state index in [9.17, 15) is 4.79 Å². The summed E-state index contributed by atoms with van der Waals surface area (Å²) in [6.07, 6.45) is 5.55. The largest absolute Gasteiger partial charge is 0.381 e. The van der Waals surface area contributed by atoms with E-state index in [1.807, 2.05) is 0 Å². The van der Waals surface area contributed by atoms with Crippen LogP contribution in [0, 0.1) is 0 Å². The van der Waals surface area contributed by atoms with E-state index in [0.717, 1.165) is 84.7 Å². The molecule has 4 aliphatic rings. The zero-order chi connectivity index (χ0) is 16.4. The first-order chi connectivity index (χ1) is 11.8. The van der Waals surface area contributed by atoms with Crippen LogP contribution < -0.4 is 5.32 Å². The third-order valence-corrected chi connectivity index (χ3v) is 6.38. The lowest BCUT2D eigenvalue weighted by atomic mass is 10.1. The summed E-state index contributed by atoms with van der Waals surface area (Å²) < 4.78 is 5.50. The molecule has 0 aromatic carbocycles. The van der Waals surface area contributed by atoms with Gasteiger partial charge in [-0.3, -0.25) is 14.6 Å². The van der Waals surface area contributed by atoms with Gasteiger partial charge in [-0.25, -0.2) is 0 Å². The van der Waals surface area contributed by atoms with Gasteiger partial charge in [0.05, 0.1) is 6.04 Å². The molecule has 4 aliphatic heterocycles. The molecule has 0 spiro atoms. The maximum atomic E-state index is 13.2. The molecule has 0 bridgehead atoms. The predicted molar refractivity (Wildman–Crippen MR) is 100 cm³/mol. The minimum atomic E-state index is 0. The zero-order valence-corrected chi connectivity index (χ0v) is 16.0. The third kappa shape index (κ3) is 4.30. The second-order valence-corrected chi connectivity index (χ2v) is 7.75. The Hall–Kier alpha value is -0.400. The zero-order valence-electron chi connectivity index (χ0n) is 15.2. The fraction of sp³-hybridized carbons (Fsp3) is 0.944. The highest BCUT2D eigenvalue weighted by Gasteiger charge is 2.40. The van der Waals surface area contributed by atoms with E-state index < -0.39 is 0 Å². The van der Waals surface area contributed by atoms with Gasteiger partial charge in [0.1, 0.15) is 0 Å². The fourth-order valence-corrected chi connectivity index (χ4v) is 5.01. The molecule has 0 saturated carbocycles. The molecule has 1 N–H and O–H groups in total. The standard InChI is InChI=1S/C18H32N4O2.ClH/c23-18(17-2-1-8-22(17)15-4-12-24-13-5-15)21-9-3-16(14-21)20-10-6-19-7-11-20;/h15-17,19H,1-14H2;1H. The quantitative estimate of drug-likeness (QED) is 0.784. The molecule has 2 atom stereocenters. The smallest absolute Gasteiger partial charge is 0.239 e. The van der Waals surface area contributed by atoms with Crippen molar-refractivity contribution < 1.29 is 9.53 Å².